The van der Waals surface area contributed by atoms with Crippen LogP contribution < -0.4 is 11.1 Å². The zero-order valence-corrected chi connectivity index (χ0v) is 25.8. The molecule has 0 atom stereocenters. The Bertz CT molecular complexity index is 1950. The van der Waals surface area contributed by atoms with Crippen LogP contribution >= 0.6 is 24.8 Å². The molecule has 0 radical (unpaired) electrons. The second-order valence-electron chi connectivity index (χ2n) is 10.7. The molecule has 6 rings (SSSR count). The highest BCUT2D eigenvalue weighted by Crippen LogP contribution is 2.33. The van der Waals surface area contributed by atoms with Crippen LogP contribution in [0.25, 0.3) is 32.8 Å². The van der Waals surface area contributed by atoms with Gasteiger partial charge in [-0.05, 0) is 88.0 Å². The molecule has 0 fully saturated rings. The van der Waals surface area contributed by atoms with Crippen LogP contribution in [-0.2, 0) is 25.7 Å². The van der Waals surface area contributed by atoms with Gasteiger partial charge in [-0.1, -0.05) is 72.8 Å². The molecule has 45 heavy (non-hydrogen) atoms. The number of rotatable bonds is 8. The van der Waals surface area contributed by atoms with Crippen molar-refractivity contribution in [3.05, 3.63) is 143 Å². The lowest BCUT2D eigenvalue weighted by Gasteiger charge is -2.11. The summed E-state index contributed by atoms with van der Waals surface area (Å²) in [6.45, 7) is 1.07. The van der Waals surface area contributed by atoms with Gasteiger partial charge in [-0.15, -0.1) is 24.8 Å². The first-order valence-electron chi connectivity index (χ1n) is 14.1. The van der Waals surface area contributed by atoms with Gasteiger partial charge in [0, 0.05) is 35.8 Å². The third-order valence-corrected chi connectivity index (χ3v) is 7.73. The number of fused-ring (bicyclic) bond motifs is 2. The van der Waals surface area contributed by atoms with Crippen molar-refractivity contribution in [1.82, 2.24) is 9.88 Å². The molecule has 0 bridgehead atoms. The van der Waals surface area contributed by atoms with E-state index in [1.165, 1.54) is 22.4 Å². The van der Waals surface area contributed by atoms with Crippen molar-refractivity contribution in [2.24, 2.45) is 5.73 Å². The number of carbonyl (C=O) groups is 1. The maximum absolute atomic E-state index is 13.1. The zero-order chi connectivity index (χ0) is 30.0. The second kappa shape index (κ2) is 14.2. The van der Waals surface area contributed by atoms with E-state index in [0.29, 0.717) is 24.2 Å². The van der Waals surface area contributed by atoms with Crippen molar-refractivity contribution in [2.75, 3.05) is 6.54 Å². The Labute approximate surface area is 271 Å². The summed E-state index contributed by atoms with van der Waals surface area (Å²) in [5.74, 6) is -0.347. The van der Waals surface area contributed by atoms with E-state index in [0.717, 1.165) is 46.1 Å². The molecule has 9 heteroatoms. The van der Waals surface area contributed by atoms with E-state index in [1.54, 1.807) is 12.1 Å². The van der Waals surface area contributed by atoms with Crippen LogP contribution in [0.2, 0.25) is 0 Å². The number of amides is 1. The summed E-state index contributed by atoms with van der Waals surface area (Å²) in [5.41, 5.74) is 11.6. The van der Waals surface area contributed by atoms with Gasteiger partial charge in [0.1, 0.15) is 0 Å². The van der Waals surface area contributed by atoms with Crippen molar-refractivity contribution in [1.29, 1.82) is 0 Å². The maximum Gasteiger partial charge on any atom is 0.416 e. The van der Waals surface area contributed by atoms with Gasteiger partial charge in [0.05, 0.1) is 5.56 Å². The van der Waals surface area contributed by atoms with E-state index in [1.807, 2.05) is 24.3 Å². The average molecular weight is 651 g/mol. The normalized spacial score (nSPS) is 11.2. The molecule has 3 N–H and O–H groups in total. The Morgan fingerprint density at radius 3 is 2.31 bits per heavy atom. The third kappa shape index (κ3) is 7.34. The topological polar surface area (TPSA) is 60.0 Å². The summed E-state index contributed by atoms with van der Waals surface area (Å²) in [6.07, 6.45) is -1.57. The summed E-state index contributed by atoms with van der Waals surface area (Å²) >= 11 is 0. The maximum atomic E-state index is 13.1. The van der Waals surface area contributed by atoms with E-state index < -0.39 is 11.7 Å². The Balaban J connectivity index is 0.00000230. The molecule has 0 spiro atoms. The number of carbonyl (C=O) groups excluding carboxylic acids is 1. The lowest BCUT2D eigenvalue weighted by atomic mass is 9.96. The summed E-state index contributed by atoms with van der Waals surface area (Å²) in [5, 5.41) is 6.28. The summed E-state index contributed by atoms with van der Waals surface area (Å²) in [6, 6.07) is 33.5. The SMILES string of the molecule is Cl.Cl.NCCc1cn(Cc2cccc(C(=O)NCc3cccc(C(F)(F)F)c3)c2)c2ccc(-c3cccc4ccccc34)cc12. The van der Waals surface area contributed by atoms with E-state index in [-0.39, 0.29) is 37.3 Å². The number of nitrogens with one attached hydrogen (secondary N) is 1. The molecular weight excluding hydrogens is 618 g/mol. The van der Waals surface area contributed by atoms with Crippen molar-refractivity contribution in [3.8, 4) is 11.1 Å². The number of nitrogens with zero attached hydrogens (tertiary/aromatic N) is 1. The molecule has 4 nitrogen and oxygen atoms in total. The minimum Gasteiger partial charge on any atom is -0.348 e. The molecular formula is C36H32Cl2F3N3O. The Morgan fingerprint density at radius 1 is 0.778 bits per heavy atom. The van der Waals surface area contributed by atoms with Crippen LogP contribution in [0, 0.1) is 0 Å². The van der Waals surface area contributed by atoms with Gasteiger partial charge in [0.15, 0.2) is 0 Å². The standard InChI is InChI=1S/C36H30F3N3O.2ClH/c37-36(38,39)30-11-4-6-24(19-30)21-41-35(43)28-10-3-7-25(18-28)22-42-23-29(16-17-40)33-20-27(14-15-34(33)42)32-13-5-9-26-8-1-2-12-31(26)32;;/h1-15,18-20,23H,16-17,21-22,40H2,(H,41,43);2*1H. The first kappa shape index (κ1) is 33.6. The van der Waals surface area contributed by atoms with Crippen molar-refractivity contribution in [3.63, 3.8) is 0 Å². The van der Waals surface area contributed by atoms with Gasteiger partial charge in [0.2, 0.25) is 0 Å². The van der Waals surface area contributed by atoms with Crippen molar-refractivity contribution >= 4 is 52.4 Å². The Kier molecular flexibility index (Phi) is 10.6. The minimum absolute atomic E-state index is 0. The highest BCUT2D eigenvalue weighted by Gasteiger charge is 2.30. The van der Waals surface area contributed by atoms with Gasteiger partial charge in [-0.2, -0.15) is 13.2 Å². The number of alkyl halides is 3. The molecule has 6 aromatic rings. The Hall–Kier alpha value is -4.30. The van der Waals surface area contributed by atoms with E-state index in [4.69, 9.17) is 5.73 Å². The van der Waals surface area contributed by atoms with Gasteiger partial charge >= 0.3 is 6.18 Å². The lowest BCUT2D eigenvalue weighted by molar-refractivity contribution is -0.137. The predicted octanol–water partition coefficient (Wildman–Crippen LogP) is 8.80. The molecule has 0 aliphatic rings. The third-order valence-electron chi connectivity index (χ3n) is 7.73. The van der Waals surface area contributed by atoms with Crippen LogP contribution in [0.15, 0.2) is 115 Å². The lowest BCUT2D eigenvalue weighted by Crippen LogP contribution is -2.23. The van der Waals surface area contributed by atoms with Gasteiger partial charge < -0.3 is 15.6 Å². The van der Waals surface area contributed by atoms with Crippen LogP contribution in [0.1, 0.15) is 32.6 Å². The smallest absolute Gasteiger partial charge is 0.348 e. The monoisotopic (exact) mass is 649 g/mol. The number of nitrogens with two attached hydrogens (primary N) is 1. The molecule has 1 aromatic heterocycles. The molecule has 0 aliphatic carbocycles. The fraction of sp³-hybridized carbons (Fsp3) is 0.139. The van der Waals surface area contributed by atoms with Crippen LogP contribution in [-0.4, -0.2) is 17.0 Å². The predicted molar refractivity (Wildman–Crippen MR) is 180 cm³/mol. The number of hydrogen-bond acceptors (Lipinski definition) is 2. The van der Waals surface area contributed by atoms with Crippen LogP contribution in [0.5, 0.6) is 0 Å². The molecule has 232 valence electrons. The van der Waals surface area contributed by atoms with Crippen LogP contribution in [0.3, 0.4) is 0 Å². The number of hydrogen-bond donors (Lipinski definition) is 2. The zero-order valence-electron chi connectivity index (χ0n) is 24.2. The van der Waals surface area contributed by atoms with E-state index in [2.05, 4.69) is 70.7 Å². The highest BCUT2D eigenvalue weighted by atomic mass is 35.5. The quantitative estimate of drug-likeness (QED) is 0.173. The summed E-state index contributed by atoms with van der Waals surface area (Å²) < 4.78 is 41.3. The first-order chi connectivity index (χ1) is 20.8. The number of halogens is 5. The van der Waals surface area contributed by atoms with Gasteiger partial charge in [-0.25, -0.2) is 0 Å². The molecule has 1 heterocycles. The van der Waals surface area contributed by atoms with Crippen molar-refractivity contribution in [2.45, 2.75) is 25.7 Å². The van der Waals surface area contributed by atoms with Gasteiger partial charge in [-0.3, -0.25) is 4.79 Å². The molecule has 0 saturated heterocycles. The second-order valence-corrected chi connectivity index (χ2v) is 10.7. The van der Waals surface area contributed by atoms with E-state index in [9.17, 15) is 18.0 Å². The molecule has 0 saturated carbocycles. The van der Waals surface area contributed by atoms with Gasteiger partial charge in [0.25, 0.3) is 5.91 Å². The molecule has 1 amide bonds. The Morgan fingerprint density at radius 2 is 1.51 bits per heavy atom. The molecule has 0 unspecified atom stereocenters. The summed E-state index contributed by atoms with van der Waals surface area (Å²) in [7, 11) is 0. The molecule has 5 aromatic carbocycles. The van der Waals surface area contributed by atoms with E-state index >= 15 is 0 Å². The molecule has 0 aliphatic heterocycles. The summed E-state index contributed by atoms with van der Waals surface area (Å²) in [4.78, 5) is 12.9. The average Bonchev–Trinajstić information content (AvgIpc) is 3.35. The van der Waals surface area contributed by atoms with Crippen molar-refractivity contribution < 1.29 is 18.0 Å². The minimum atomic E-state index is -4.43. The largest absolute Gasteiger partial charge is 0.416 e. The highest BCUT2D eigenvalue weighted by molar-refractivity contribution is 5.99. The fourth-order valence-electron chi connectivity index (χ4n) is 5.65. The van der Waals surface area contributed by atoms with Crippen LogP contribution in [0.4, 0.5) is 13.2 Å². The number of aromatic nitrogens is 1. The fourth-order valence-corrected chi connectivity index (χ4v) is 5.65. The number of benzene rings is 5. The first-order valence-corrected chi connectivity index (χ1v) is 14.1.